The number of aromatic amines is 1. The largest absolute Gasteiger partial charge is 0.351 e. The van der Waals surface area contributed by atoms with E-state index in [-0.39, 0.29) is 35.7 Å². The van der Waals surface area contributed by atoms with E-state index in [4.69, 9.17) is 5.73 Å². The summed E-state index contributed by atoms with van der Waals surface area (Å²) in [5, 5.41) is 10.5. The SMILES string of the molecule is CC(N)C1CCN(C(=O)c2cc([N+](=O)[O-])c[nH]2)C1.Cl. The monoisotopic (exact) mass is 288 g/mol. The number of hydrogen-bond donors (Lipinski definition) is 2. The lowest BCUT2D eigenvalue weighted by atomic mass is 10.0. The molecule has 2 unspecified atom stereocenters. The molecule has 0 aromatic carbocycles. The molecule has 1 aliphatic heterocycles. The van der Waals surface area contributed by atoms with Crippen molar-refractivity contribution in [1.82, 2.24) is 9.88 Å². The summed E-state index contributed by atoms with van der Waals surface area (Å²) in [4.78, 5) is 26.4. The van der Waals surface area contributed by atoms with E-state index in [2.05, 4.69) is 4.98 Å². The Kier molecular flexibility index (Phi) is 4.90. The van der Waals surface area contributed by atoms with E-state index in [1.807, 2.05) is 6.92 Å². The number of nitrogens with one attached hydrogen (secondary N) is 1. The maximum Gasteiger partial charge on any atom is 0.287 e. The second-order valence-corrected chi connectivity index (χ2v) is 4.69. The summed E-state index contributed by atoms with van der Waals surface area (Å²) in [5.74, 6) is 0.102. The Morgan fingerprint density at radius 3 is 2.84 bits per heavy atom. The van der Waals surface area contributed by atoms with Crippen LogP contribution in [0.15, 0.2) is 12.3 Å². The van der Waals surface area contributed by atoms with Crippen LogP contribution in [0.1, 0.15) is 23.8 Å². The van der Waals surface area contributed by atoms with Crippen molar-refractivity contribution < 1.29 is 9.72 Å². The lowest BCUT2D eigenvalue weighted by Gasteiger charge is -2.17. The molecular formula is C11H17ClN4O3. The van der Waals surface area contributed by atoms with E-state index in [9.17, 15) is 14.9 Å². The van der Waals surface area contributed by atoms with Crippen LogP contribution in [0, 0.1) is 16.0 Å². The van der Waals surface area contributed by atoms with Gasteiger partial charge < -0.3 is 15.6 Å². The molecule has 2 rings (SSSR count). The zero-order chi connectivity index (χ0) is 13.3. The summed E-state index contributed by atoms with van der Waals surface area (Å²) in [7, 11) is 0. The van der Waals surface area contributed by atoms with Gasteiger partial charge in [-0.3, -0.25) is 14.9 Å². The number of aromatic nitrogens is 1. The third-order valence-electron chi connectivity index (χ3n) is 3.36. The normalized spacial score (nSPS) is 19.9. The van der Waals surface area contributed by atoms with E-state index in [1.54, 1.807) is 4.90 Å². The van der Waals surface area contributed by atoms with Crippen LogP contribution >= 0.6 is 12.4 Å². The fourth-order valence-corrected chi connectivity index (χ4v) is 2.18. The molecule has 106 valence electrons. The minimum atomic E-state index is -0.526. The standard InChI is InChI=1S/C11H16N4O3.ClH/c1-7(12)8-2-3-14(6-8)11(16)10-4-9(5-13-10)15(17)18;/h4-5,7-8,13H,2-3,6,12H2,1H3;1H. The van der Waals surface area contributed by atoms with Gasteiger partial charge >= 0.3 is 0 Å². The van der Waals surface area contributed by atoms with Gasteiger partial charge in [-0.2, -0.15) is 0 Å². The first kappa shape index (κ1) is 15.5. The Morgan fingerprint density at radius 2 is 2.37 bits per heavy atom. The first-order valence-electron chi connectivity index (χ1n) is 5.86. The number of carbonyl (C=O) groups excluding carboxylic acids is 1. The molecule has 0 radical (unpaired) electrons. The molecule has 0 spiro atoms. The molecule has 1 aliphatic rings. The molecule has 19 heavy (non-hydrogen) atoms. The van der Waals surface area contributed by atoms with Gasteiger partial charge in [-0.05, 0) is 19.3 Å². The van der Waals surface area contributed by atoms with Gasteiger partial charge in [0.1, 0.15) is 5.69 Å². The Bertz CT molecular complexity index is 474. The number of carbonyl (C=O) groups is 1. The lowest BCUT2D eigenvalue weighted by Crippen LogP contribution is -2.33. The first-order chi connectivity index (χ1) is 8.49. The van der Waals surface area contributed by atoms with Gasteiger partial charge in [-0.15, -0.1) is 12.4 Å². The van der Waals surface area contributed by atoms with Crippen LogP contribution in [0.4, 0.5) is 5.69 Å². The third-order valence-corrected chi connectivity index (χ3v) is 3.36. The molecule has 1 aromatic rings. The van der Waals surface area contributed by atoms with Crippen LogP contribution in [0.25, 0.3) is 0 Å². The lowest BCUT2D eigenvalue weighted by molar-refractivity contribution is -0.384. The smallest absolute Gasteiger partial charge is 0.287 e. The van der Waals surface area contributed by atoms with Gasteiger partial charge in [0.05, 0.1) is 11.1 Å². The highest BCUT2D eigenvalue weighted by atomic mass is 35.5. The number of H-pyrrole nitrogens is 1. The molecule has 0 aliphatic carbocycles. The Balaban J connectivity index is 0.00000180. The minimum absolute atomic E-state index is 0. The first-order valence-corrected chi connectivity index (χ1v) is 5.86. The van der Waals surface area contributed by atoms with Crippen LogP contribution in [-0.2, 0) is 0 Å². The van der Waals surface area contributed by atoms with Crippen LogP contribution in [0.3, 0.4) is 0 Å². The van der Waals surface area contributed by atoms with Crippen molar-refractivity contribution in [3.8, 4) is 0 Å². The van der Waals surface area contributed by atoms with E-state index < -0.39 is 4.92 Å². The summed E-state index contributed by atoms with van der Waals surface area (Å²) in [5.41, 5.74) is 5.97. The fraction of sp³-hybridized carbons (Fsp3) is 0.545. The molecule has 7 nitrogen and oxygen atoms in total. The minimum Gasteiger partial charge on any atom is -0.351 e. The predicted molar refractivity (Wildman–Crippen MR) is 72.4 cm³/mol. The quantitative estimate of drug-likeness (QED) is 0.643. The molecule has 0 saturated carbocycles. The molecular weight excluding hydrogens is 272 g/mol. The molecule has 1 fully saturated rings. The molecule has 1 aromatic heterocycles. The molecule has 1 saturated heterocycles. The maximum absolute atomic E-state index is 12.1. The number of nitrogens with two attached hydrogens (primary N) is 1. The second kappa shape index (κ2) is 6.03. The van der Waals surface area contributed by atoms with Crippen molar-refractivity contribution in [2.75, 3.05) is 13.1 Å². The zero-order valence-electron chi connectivity index (χ0n) is 10.5. The summed E-state index contributed by atoms with van der Waals surface area (Å²) in [6.07, 6.45) is 2.11. The predicted octanol–water partition coefficient (Wildman–Crippen LogP) is 1.15. The summed E-state index contributed by atoms with van der Waals surface area (Å²) in [6.45, 7) is 3.19. The number of hydrogen-bond acceptors (Lipinski definition) is 4. The fourth-order valence-electron chi connectivity index (χ4n) is 2.18. The third kappa shape index (κ3) is 3.24. The molecule has 3 N–H and O–H groups in total. The van der Waals surface area contributed by atoms with Crippen LogP contribution in [0.5, 0.6) is 0 Å². The van der Waals surface area contributed by atoms with Crippen molar-refractivity contribution >= 4 is 24.0 Å². The maximum atomic E-state index is 12.1. The highest BCUT2D eigenvalue weighted by molar-refractivity contribution is 5.93. The van der Waals surface area contributed by atoms with Gasteiger partial charge in [0.15, 0.2) is 0 Å². The molecule has 8 heteroatoms. The van der Waals surface area contributed by atoms with E-state index in [0.29, 0.717) is 19.0 Å². The highest BCUT2D eigenvalue weighted by Crippen LogP contribution is 2.21. The van der Waals surface area contributed by atoms with Crippen molar-refractivity contribution in [3.05, 3.63) is 28.1 Å². The van der Waals surface area contributed by atoms with Crippen LogP contribution in [0.2, 0.25) is 0 Å². The Morgan fingerprint density at radius 1 is 1.68 bits per heavy atom. The molecule has 2 heterocycles. The van der Waals surface area contributed by atoms with Gasteiger partial charge in [0.2, 0.25) is 0 Å². The molecule has 0 bridgehead atoms. The Hall–Kier alpha value is -1.60. The van der Waals surface area contributed by atoms with Crippen molar-refractivity contribution in [3.63, 3.8) is 0 Å². The summed E-state index contributed by atoms with van der Waals surface area (Å²) >= 11 is 0. The second-order valence-electron chi connectivity index (χ2n) is 4.69. The highest BCUT2D eigenvalue weighted by Gasteiger charge is 2.30. The van der Waals surface area contributed by atoms with Crippen molar-refractivity contribution in [2.45, 2.75) is 19.4 Å². The average Bonchev–Trinajstić information content (AvgIpc) is 2.97. The topological polar surface area (TPSA) is 105 Å². The zero-order valence-corrected chi connectivity index (χ0v) is 11.4. The van der Waals surface area contributed by atoms with Gasteiger partial charge in [-0.1, -0.05) is 0 Å². The van der Waals surface area contributed by atoms with Crippen molar-refractivity contribution in [2.24, 2.45) is 11.7 Å². The number of nitrogens with zero attached hydrogens (tertiary/aromatic N) is 2. The van der Waals surface area contributed by atoms with Gasteiger partial charge in [0.25, 0.3) is 11.6 Å². The van der Waals surface area contributed by atoms with Crippen LogP contribution in [-0.4, -0.2) is 39.8 Å². The number of amides is 1. The van der Waals surface area contributed by atoms with E-state index >= 15 is 0 Å². The molecule has 2 atom stereocenters. The number of rotatable bonds is 3. The molecule has 1 amide bonds. The van der Waals surface area contributed by atoms with Gasteiger partial charge in [-0.25, -0.2) is 0 Å². The number of nitro groups is 1. The number of likely N-dealkylation sites (tertiary alicyclic amines) is 1. The van der Waals surface area contributed by atoms with Crippen molar-refractivity contribution in [1.29, 1.82) is 0 Å². The van der Waals surface area contributed by atoms with E-state index in [1.165, 1.54) is 12.3 Å². The van der Waals surface area contributed by atoms with Crippen LogP contribution < -0.4 is 5.73 Å². The Labute approximate surface area is 116 Å². The summed E-state index contributed by atoms with van der Waals surface area (Å²) in [6, 6.07) is 1.32. The number of halogens is 1. The summed E-state index contributed by atoms with van der Waals surface area (Å²) < 4.78 is 0. The average molecular weight is 289 g/mol. The van der Waals surface area contributed by atoms with E-state index in [0.717, 1.165) is 6.42 Å². The van der Waals surface area contributed by atoms with Gasteiger partial charge in [0, 0.05) is 25.2 Å².